The lowest BCUT2D eigenvalue weighted by Crippen LogP contribution is -2.00. The van der Waals surface area contributed by atoms with Crippen molar-refractivity contribution in [1.29, 1.82) is 0 Å². The molecule has 0 atom stereocenters. The van der Waals surface area contributed by atoms with Crippen molar-refractivity contribution in [1.82, 2.24) is 9.97 Å². The fourth-order valence-electron chi connectivity index (χ4n) is 1.75. The van der Waals surface area contributed by atoms with Gasteiger partial charge in [0.05, 0.1) is 0 Å². The number of carbonyl (C=O) groups is 1. The van der Waals surface area contributed by atoms with Crippen molar-refractivity contribution in [2.75, 3.05) is 6.79 Å². The highest BCUT2D eigenvalue weighted by Crippen LogP contribution is 2.32. The van der Waals surface area contributed by atoms with Gasteiger partial charge < -0.3 is 9.47 Å². The lowest BCUT2D eigenvalue weighted by Gasteiger charge is -1.98. The molecule has 1 aromatic heterocycles. The number of rotatable bonds is 3. The van der Waals surface area contributed by atoms with Crippen LogP contribution in [0.5, 0.6) is 11.5 Å². The number of benzene rings is 1. The number of halogens is 1. The monoisotopic (exact) mass is 288 g/mol. The third-order valence-corrected chi connectivity index (χ3v) is 2.99. The van der Waals surface area contributed by atoms with E-state index in [9.17, 15) is 4.79 Å². The Kier molecular flexibility index (Phi) is 3.35. The van der Waals surface area contributed by atoms with Crippen LogP contribution in [0.25, 0.3) is 6.08 Å². The zero-order valence-corrected chi connectivity index (χ0v) is 11.0. The highest BCUT2D eigenvalue weighted by molar-refractivity contribution is 6.33. The van der Waals surface area contributed by atoms with E-state index in [-0.39, 0.29) is 23.4 Å². The molecule has 0 bridgehead atoms. The molecule has 1 aliphatic heterocycles. The molecular formula is C14H9ClN2O3. The summed E-state index contributed by atoms with van der Waals surface area (Å²) >= 11 is 5.81. The molecule has 1 aliphatic rings. The Balaban J connectivity index is 1.81. The molecule has 3 rings (SSSR count). The Morgan fingerprint density at radius 3 is 2.85 bits per heavy atom. The summed E-state index contributed by atoms with van der Waals surface area (Å²) in [6, 6.07) is 5.42. The van der Waals surface area contributed by atoms with Crippen LogP contribution in [0.2, 0.25) is 5.15 Å². The van der Waals surface area contributed by atoms with Crippen molar-refractivity contribution in [3.63, 3.8) is 0 Å². The SMILES string of the molecule is O=C(/C=C/c1ccc2c(c1)OCO2)c1nccnc1Cl. The van der Waals surface area contributed by atoms with Crippen molar-refractivity contribution in [2.24, 2.45) is 0 Å². The predicted molar refractivity (Wildman–Crippen MR) is 73.0 cm³/mol. The smallest absolute Gasteiger partial charge is 0.231 e. The fraction of sp³-hybridized carbons (Fsp3) is 0.0714. The fourth-order valence-corrected chi connectivity index (χ4v) is 1.95. The summed E-state index contributed by atoms with van der Waals surface area (Å²) in [4.78, 5) is 19.7. The molecule has 6 heteroatoms. The van der Waals surface area contributed by atoms with E-state index in [1.54, 1.807) is 18.2 Å². The van der Waals surface area contributed by atoms with Crippen molar-refractivity contribution < 1.29 is 14.3 Å². The van der Waals surface area contributed by atoms with Crippen molar-refractivity contribution in [2.45, 2.75) is 0 Å². The Labute approximate surface area is 119 Å². The minimum absolute atomic E-state index is 0.0906. The van der Waals surface area contributed by atoms with Gasteiger partial charge in [-0.15, -0.1) is 0 Å². The van der Waals surface area contributed by atoms with E-state index in [2.05, 4.69) is 9.97 Å². The van der Waals surface area contributed by atoms with Gasteiger partial charge in [0.1, 0.15) is 5.69 Å². The molecular weight excluding hydrogens is 280 g/mol. The molecule has 0 N–H and O–H groups in total. The maximum atomic E-state index is 11.9. The van der Waals surface area contributed by atoms with Gasteiger partial charge in [0, 0.05) is 12.4 Å². The van der Waals surface area contributed by atoms with Crippen molar-refractivity contribution in [3.05, 3.63) is 53.1 Å². The maximum absolute atomic E-state index is 11.9. The minimum Gasteiger partial charge on any atom is -0.454 e. The molecule has 100 valence electrons. The molecule has 0 fully saturated rings. The molecule has 1 aromatic carbocycles. The van der Waals surface area contributed by atoms with Gasteiger partial charge in [0.15, 0.2) is 16.7 Å². The second-order valence-electron chi connectivity index (χ2n) is 4.01. The van der Waals surface area contributed by atoms with E-state index in [1.165, 1.54) is 18.5 Å². The number of hydrogen-bond acceptors (Lipinski definition) is 5. The highest BCUT2D eigenvalue weighted by Gasteiger charge is 2.13. The molecule has 0 aliphatic carbocycles. The number of fused-ring (bicyclic) bond motifs is 1. The lowest BCUT2D eigenvalue weighted by molar-refractivity contribution is 0.104. The van der Waals surface area contributed by atoms with E-state index in [1.807, 2.05) is 6.07 Å². The number of carbonyl (C=O) groups excluding carboxylic acids is 1. The molecule has 2 heterocycles. The molecule has 0 amide bonds. The summed E-state index contributed by atoms with van der Waals surface area (Å²) in [5.41, 5.74) is 0.953. The van der Waals surface area contributed by atoms with Crippen LogP contribution in [0.4, 0.5) is 0 Å². The number of aromatic nitrogens is 2. The number of nitrogens with zero attached hydrogens (tertiary/aromatic N) is 2. The molecule has 2 aromatic rings. The summed E-state index contributed by atoms with van der Waals surface area (Å²) in [5.74, 6) is 1.06. The van der Waals surface area contributed by atoms with E-state index in [0.29, 0.717) is 11.5 Å². The van der Waals surface area contributed by atoms with Gasteiger partial charge >= 0.3 is 0 Å². The summed E-state index contributed by atoms with van der Waals surface area (Å²) in [6.07, 6.45) is 5.91. The lowest BCUT2D eigenvalue weighted by atomic mass is 10.1. The Hall–Kier alpha value is -2.40. The molecule has 5 nitrogen and oxygen atoms in total. The molecule has 0 saturated carbocycles. The second kappa shape index (κ2) is 5.30. The van der Waals surface area contributed by atoms with Gasteiger partial charge in [-0.3, -0.25) is 4.79 Å². The highest BCUT2D eigenvalue weighted by atomic mass is 35.5. The molecule has 0 unspecified atom stereocenters. The van der Waals surface area contributed by atoms with E-state index in [0.717, 1.165) is 5.56 Å². The normalized spacial score (nSPS) is 12.8. The molecule has 0 radical (unpaired) electrons. The maximum Gasteiger partial charge on any atom is 0.231 e. The van der Waals surface area contributed by atoms with Crippen LogP contribution >= 0.6 is 11.6 Å². The average Bonchev–Trinajstić information content (AvgIpc) is 2.92. The van der Waals surface area contributed by atoms with Crippen LogP contribution in [0.3, 0.4) is 0 Å². The topological polar surface area (TPSA) is 61.3 Å². The Bertz CT molecular complexity index is 701. The predicted octanol–water partition coefficient (Wildman–Crippen LogP) is 2.75. The number of ketones is 1. The third kappa shape index (κ3) is 2.48. The van der Waals surface area contributed by atoms with Gasteiger partial charge in [-0.05, 0) is 23.8 Å². The first kappa shape index (κ1) is 12.6. The van der Waals surface area contributed by atoms with Crippen LogP contribution in [-0.2, 0) is 0 Å². The standard InChI is InChI=1S/C14H9ClN2O3/c15-14-13(16-5-6-17-14)10(18)3-1-9-2-4-11-12(7-9)20-8-19-11/h1-7H,8H2/b3-1+. The van der Waals surface area contributed by atoms with Crippen LogP contribution < -0.4 is 9.47 Å². The largest absolute Gasteiger partial charge is 0.454 e. The van der Waals surface area contributed by atoms with E-state index in [4.69, 9.17) is 21.1 Å². The summed E-state index contributed by atoms with van der Waals surface area (Å²) in [5, 5.41) is 0.0906. The summed E-state index contributed by atoms with van der Waals surface area (Å²) in [7, 11) is 0. The summed E-state index contributed by atoms with van der Waals surface area (Å²) < 4.78 is 10.5. The van der Waals surface area contributed by atoms with Crippen LogP contribution in [0.1, 0.15) is 16.1 Å². The van der Waals surface area contributed by atoms with Gasteiger partial charge in [0.2, 0.25) is 12.6 Å². The third-order valence-electron chi connectivity index (χ3n) is 2.71. The first-order chi connectivity index (χ1) is 9.74. The number of ether oxygens (including phenoxy) is 2. The molecule has 0 saturated heterocycles. The Morgan fingerprint density at radius 2 is 2.00 bits per heavy atom. The van der Waals surface area contributed by atoms with E-state index < -0.39 is 0 Å². The number of allylic oxidation sites excluding steroid dienone is 1. The van der Waals surface area contributed by atoms with Crippen LogP contribution in [0.15, 0.2) is 36.7 Å². The zero-order valence-electron chi connectivity index (χ0n) is 10.2. The first-order valence-electron chi connectivity index (χ1n) is 5.82. The van der Waals surface area contributed by atoms with Gasteiger partial charge in [-0.25, -0.2) is 9.97 Å². The van der Waals surface area contributed by atoms with Crippen LogP contribution in [-0.4, -0.2) is 22.5 Å². The summed E-state index contributed by atoms with van der Waals surface area (Å²) in [6.45, 7) is 0.219. The zero-order chi connectivity index (χ0) is 13.9. The second-order valence-corrected chi connectivity index (χ2v) is 4.36. The van der Waals surface area contributed by atoms with Crippen molar-refractivity contribution in [3.8, 4) is 11.5 Å². The molecule has 20 heavy (non-hydrogen) atoms. The van der Waals surface area contributed by atoms with Gasteiger partial charge in [-0.1, -0.05) is 23.7 Å². The van der Waals surface area contributed by atoms with Gasteiger partial charge in [0.25, 0.3) is 0 Å². The van der Waals surface area contributed by atoms with Crippen molar-refractivity contribution >= 4 is 23.5 Å². The minimum atomic E-state index is -0.305. The Morgan fingerprint density at radius 1 is 1.20 bits per heavy atom. The molecule has 0 spiro atoms. The van der Waals surface area contributed by atoms with Crippen LogP contribution in [0, 0.1) is 0 Å². The first-order valence-corrected chi connectivity index (χ1v) is 6.20. The average molecular weight is 289 g/mol. The quantitative estimate of drug-likeness (QED) is 0.642. The van der Waals surface area contributed by atoms with Gasteiger partial charge in [-0.2, -0.15) is 0 Å². The van der Waals surface area contributed by atoms with E-state index >= 15 is 0 Å². The number of hydrogen-bond donors (Lipinski definition) is 0.